The van der Waals surface area contributed by atoms with Gasteiger partial charge in [-0.1, -0.05) is 40.5 Å². The van der Waals surface area contributed by atoms with Crippen molar-refractivity contribution in [2.24, 2.45) is 16.7 Å². The molecule has 2 heteroatoms. The second-order valence-corrected chi connectivity index (χ2v) is 6.25. The Kier molecular flexibility index (Phi) is 4.62. The minimum atomic E-state index is 0.0202. The lowest BCUT2D eigenvalue weighted by molar-refractivity contribution is -0.156. The molecule has 0 aromatic heterocycles. The van der Waals surface area contributed by atoms with Crippen molar-refractivity contribution in [1.82, 2.24) is 0 Å². The van der Waals surface area contributed by atoms with Crippen LogP contribution in [0.2, 0.25) is 0 Å². The quantitative estimate of drug-likeness (QED) is 0.674. The SMILES string of the molecule is CCCC(C(=O)OCC)C1(C)CCCC1(C)C. The Morgan fingerprint density at radius 2 is 1.88 bits per heavy atom. The van der Waals surface area contributed by atoms with E-state index in [0.29, 0.717) is 6.61 Å². The van der Waals surface area contributed by atoms with E-state index in [1.165, 1.54) is 12.8 Å². The van der Waals surface area contributed by atoms with Gasteiger partial charge in [0, 0.05) is 0 Å². The number of carbonyl (C=O) groups excluding carboxylic acids is 1. The van der Waals surface area contributed by atoms with Crippen LogP contribution in [-0.4, -0.2) is 12.6 Å². The number of carbonyl (C=O) groups is 1. The Balaban J connectivity index is 2.93. The minimum absolute atomic E-state index is 0.0202. The highest BCUT2D eigenvalue weighted by Crippen LogP contribution is 2.57. The van der Waals surface area contributed by atoms with Crippen LogP contribution in [-0.2, 0) is 9.53 Å². The van der Waals surface area contributed by atoms with Gasteiger partial charge >= 0.3 is 5.97 Å². The maximum Gasteiger partial charge on any atom is 0.309 e. The first-order chi connectivity index (χ1) is 7.89. The average molecular weight is 240 g/mol. The predicted molar refractivity (Wildman–Crippen MR) is 70.8 cm³/mol. The molecule has 1 aliphatic carbocycles. The molecule has 0 bridgehead atoms. The fourth-order valence-electron chi connectivity index (χ4n) is 3.40. The normalized spacial score (nSPS) is 29.0. The summed E-state index contributed by atoms with van der Waals surface area (Å²) in [5, 5.41) is 0. The third kappa shape index (κ3) is 2.66. The lowest BCUT2D eigenvalue weighted by Gasteiger charge is -2.43. The number of esters is 1. The molecule has 1 aliphatic rings. The lowest BCUT2D eigenvalue weighted by Crippen LogP contribution is -2.42. The molecule has 2 atom stereocenters. The van der Waals surface area contributed by atoms with Crippen LogP contribution in [0.1, 0.15) is 66.7 Å². The summed E-state index contributed by atoms with van der Waals surface area (Å²) in [5.41, 5.74) is 0.356. The summed E-state index contributed by atoms with van der Waals surface area (Å²) in [4.78, 5) is 12.2. The van der Waals surface area contributed by atoms with Crippen LogP contribution in [0.5, 0.6) is 0 Å². The highest BCUT2D eigenvalue weighted by atomic mass is 16.5. The standard InChI is InChI=1S/C15H28O2/c1-6-9-12(13(16)17-7-2)15(5)11-8-10-14(15,3)4/h12H,6-11H2,1-5H3. The van der Waals surface area contributed by atoms with Crippen molar-refractivity contribution >= 4 is 5.97 Å². The van der Waals surface area contributed by atoms with Crippen LogP contribution in [0, 0.1) is 16.7 Å². The van der Waals surface area contributed by atoms with E-state index in [1.54, 1.807) is 0 Å². The van der Waals surface area contributed by atoms with Gasteiger partial charge < -0.3 is 4.74 Å². The molecule has 2 unspecified atom stereocenters. The summed E-state index contributed by atoms with van der Waals surface area (Å²) in [5.74, 6) is 0.0942. The Labute approximate surface area is 106 Å². The third-order valence-corrected chi connectivity index (χ3v) is 4.96. The van der Waals surface area contributed by atoms with Crippen LogP contribution < -0.4 is 0 Å². The van der Waals surface area contributed by atoms with Gasteiger partial charge in [0.15, 0.2) is 0 Å². The molecule has 0 amide bonds. The third-order valence-electron chi connectivity index (χ3n) is 4.96. The summed E-state index contributed by atoms with van der Waals surface area (Å²) < 4.78 is 5.29. The monoisotopic (exact) mass is 240 g/mol. The molecule has 2 nitrogen and oxygen atoms in total. The molecular formula is C15H28O2. The lowest BCUT2D eigenvalue weighted by atomic mass is 9.61. The smallest absolute Gasteiger partial charge is 0.309 e. The highest BCUT2D eigenvalue weighted by Gasteiger charge is 2.52. The van der Waals surface area contributed by atoms with E-state index in [0.717, 1.165) is 19.3 Å². The van der Waals surface area contributed by atoms with Crippen molar-refractivity contribution in [2.45, 2.75) is 66.7 Å². The number of hydrogen-bond acceptors (Lipinski definition) is 2. The molecule has 0 aromatic rings. The largest absolute Gasteiger partial charge is 0.466 e. The van der Waals surface area contributed by atoms with Crippen molar-refractivity contribution in [3.05, 3.63) is 0 Å². The van der Waals surface area contributed by atoms with Crippen LogP contribution in [0.15, 0.2) is 0 Å². The van der Waals surface area contributed by atoms with Gasteiger partial charge in [-0.2, -0.15) is 0 Å². The molecule has 100 valence electrons. The van der Waals surface area contributed by atoms with Gasteiger partial charge in [-0.3, -0.25) is 4.79 Å². The van der Waals surface area contributed by atoms with Crippen molar-refractivity contribution in [3.63, 3.8) is 0 Å². The van der Waals surface area contributed by atoms with E-state index < -0.39 is 0 Å². The minimum Gasteiger partial charge on any atom is -0.466 e. The maximum atomic E-state index is 12.2. The van der Waals surface area contributed by atoms with Crippen molar-refractivity contribution in [2.75, 3.05) is 6.61 Å². The Morgan fingerprint density at radius 3 is 2.29 bits per heavy atom. The second-order valence-electron chi connectivity index (χ2n) is 6.25. The molecule has 0 radical (unpaired) electrons. The molecule has 1 fully saturated rings. The second kappa shape index (κ2) is 5.41. The zero-order valence-corrected chi connectivity index (χ0v) is 12.1. The van der Waals surface area contributed by atoms with Gasteiger partial charge in [-0.15, -0.1) is 0 Å². The molecule has 0 heterocycles. The average Bonchev–Trinajstić information content (AvgIpc) is 2.51. The van der Waals surface area contributed by atoms with Crippen molar-refractivity contribution < 1.29 is 9.53 Å². The summed E-state index contributed by atoms with van der Waals surface area (Å²) in [6, 6.07) is 0. The number of ether oxygens (including phenoxy) is 1. The predicted octanol–water partition coefficient (Wildman–Crippen LogP) is 4.18. The Bertz CT molecular complexity index is 270. The number of hydrogen-bond donors (Lipinski definition) is 0. The van der Waals surface area contributed by atoms with E-state index in [2.05, 4.69) is 27.7 Å². The van der Waals surface area contributed by atoms with Crippen molar-refractivity contribution in [1.29, 1.82) is 0 Å². The zero-order chi connectivity index (χ0) is 13.1. The van der Waals surface area contributed by atoms with Crippen molar-refractivity contribution in [3.8, 4) is 0 Å². The van der Waals surface area contributed by atoms with E-state index in [1.807, 2.05) is 6.92 Å². The molecular weight excluding hydrogens is 212 g/mol. The fraction of sp³-hybridized carbons (Fsp3) is 0.933. The topological polar surface area (TPSA) is 26.3 Å². The van der Waals surface area contributed by atoms with E-state index in [-0.39, 0.29) is 22.7 Å². The summed E-state index contributed by atoms with van der Waals surface area (Å²) in [6.07, 6.45) is 5.63. The fourth-order valence-corrected chi connectivity index (χ4v) is 3.40. The molecule has 0 N–H and O–H groups in total. The van der Waals surface area contributed by atoms with Gasteiger partial charge in [-0.25, -0.2) is 0 Å². The molecule has 1 rings (SSSR count). The molecule has 0 saturated heterocycles. The van der Waals surface area contributed by atoms with Gasteiger partial charge in [0.2, 0.25) is 0 Å². The van der Waals surface area contributed by atoms with Gasteiger partial charge in [0.25, 0.3) is 0 Å². The summed E-state index contributed by atoms with van der Waals surface area (Å²) in [6.45, 7) is 11.4. The van der Waals surface area contributed by atoms with E-state index in [9.17, 15) is 4.79 Å². The first-order valence-electron chi connectivity index (χ1n) is 7.05. The summed E-state index contributed by atoms with van der Waals surface area (Å²) >= 11 is 0. The van der Waals surface area contributed by atoms with E-state index >= 15 is 0 Å². The van der Waals surface area contributed by atoms with Crippen LogP contribution in [0.25, 0.3) is 0 Å². The van der Waals surface area contributed by atoms with Gasteiger partial charge in [0.1, 0.15) is 0 Å². The Hall–Kier alpha value is -0.530. The van der Waals surface area contributed by atoms with Gasteiger partial charge in [-0.05, 0) is 37.0 Å². The first kappa shape index (κ1) is 14.5. The summed E-state index contributed by atoms with van der Waals surface area (Å²) in [7, 11) is 0. The Morgan fingerprint density at radius 1 is 1.24 bits per heavy atom. The molecule has 0 aliphatic heterocycles. The first-order valence-corrected chi connectivity index (χ1v) is 7.05. The molecule has 0 spiro atoms. The highest BCUT2D eigenvalue weighted by molar-refractivity contribution is 5.73. The van der Waals surface area contributed by atoms with Gasteiger partial charge in [0.05, 0.1) is 12.5 Å². The van der Waals surface area contributed by atoms with E-state index in [4.69, 9.17) is 4.74 Å². The molecule has 0 aromatic carbocycles. The van der Waals surface area contributed by atoms with Crippen LogP contribution >= 0.6 is 0 Å². The van der Waals surface area contributed by atoms with Crippen LogP contribution in [0.3, 0.4) is 0 Å². The van der Waals surface area contributed by atoms with Crippen LogP contribution in [0.4, 0.5) is 0 Å². The molecule has 1 saturated carbocycles. The molecule has 17 heavy (non-hydrogen) atoms. The number of rotatable bonds is 5. The zero-order valence-electron chi connectivity index (χ0n) is 12.1. The maximum absolute atomic E-state index is 12.2.